The van der Waals surface area contributed by atoms with Crippen LogP contribution in [-0.4, -0.2) is 27.1 Å². The molecule has 0 atom stereocenters. The number of nitriles is 1. The number of carboxylic acid groups (broad SMARTS) is 2. The molecule has 1 rings (SSSR count). The number of carboxylic acids is 2. The highest BCUT2D eigenvalue weighted by Gasteiger charge is 2.34. The van der Waals surface area contributed by atoms with E-state index in [1.807, 2.05) is 0 Å². The van der Waals surface area contributed by atoms with Crippen molar-refractivity contribution in [3.63, 3.8) is 0 Å². The Bertz CT molecular complexity index is 560. The monoisotopic (exact) mass is 250 g/mol. The van der Waals surface area contributed by atoms with Gasteiger partial charge in [0.25, 0.3) is 5.69 Å². The van der Waals surface area contributed by atoms with Gasteiger partial charge in [-0.05, 0) is 12.1 Å². The van der Waals surface area contributed by atoms with E-state index in [1.165, 1.54) is 0 Å². The summed E-state index contributed by atoms with van der Waals surface area (Å²) in [5.74, 6) is -5.47. The average molecular weight is 250 g/mol. The number of benzene rings is 1. The second-order valence-electron chi connectivity index (χ2n) is 3.25. The van der Waals surface area contributed by atoms with Crippen LogP contribution in [0.5, 0.6) is 0 Å². The molecule has 0 amide bonds. The van der Waals surface area contributed by atoms with E-state index in [4.69, 9.17) is 15.5 Å². The summed E-state index contributed by atoms with van der Waals surface area (Å²) in [6, 6.07) is 4.58. The Morgan fingerprint density at radius 3 is 2.28 bits per heavy atom. The molecule has 0 heterocycles. The van der Waals surface area contributed by atoms with Gasteiger partial charge in [-0.25, -0.2) is 0 Å². The molecule has 0 unspecified atom stereocenters. The van der Waals surface area contributed by atoms with Gasteiger partial charge in [0.05, 0.1) is 22.1 Å². The van der Waals surface area contributed by atoms with Crippen LogP contribution in [0.15, 0.2) is 18.2 Å². The summed E-state index contributed by atoms with van der Waals surface area (Å²) in [5.41, 5.74) is -1.23. The molecule has 0 aliphatic rings. The zero-order valence-electron chi connectivity index (χ0n) is 8.73. The number of aliphatic carboxylic acids is 2. The number of nitrogens with zero attached hydrogens (tertiary/aromatic N) is 2. The molecule has 0 radical (unpaired) electrons. The quantitative estimate of drug-likeness (QED) is 0.455. The smallest absolute Gasteiger partial charge is 0.322 e. The third kappa shape index (κ3) is 2.41. The van der Waals surface area contributed by atoms with Crippen molar-refractivity contribution in [1.29, 1.82) is 5.26 Å². The maximum Gasteiger partial charge on any atom is 0.322 e. The molecule has 0 bridgehead atoms. The summed E-state index contributed by atoms with van der Waals surface area (Å²) in [6.07, 6.45) is 0. The molecule has 18 heavy (non-hydrogen) atoms. The van der Waals surface area contributed by atoms with Crippen molar-refractivity contribution < 1.29 is 24.7 Å². The third-order valence-electron chi connectivity index (χ3n) is 2.16. The van der Waals surface area contributed by atoms with Crippen LogP contribution in [0.2, 0.25) is 0 Å². The second-order valence-corrected chi connectivity index (χ2v) is 3.25. The predicted octanol–water partition coefficient (Wildman–Crippen LogP) is 0.719. The molecule has 8 heteroatoms. The van der Waals surface area contributed by atoms with Gasteiger partial charge in [0, 0.05) is 6.07 Å². The van der Waals surface area contributed by atoms with Gasteiger partial charge in [0.1, 0.15) is 0 Å². The zero-order chi connectivity index (χ0) is 13.9. The van der Waals surface area contributed by atoms with Crippen molar-refractivity contribution in [2.75, 3.05) is 0 Å². The minimum atomic E-state index is -2.04. The first kappa shape index (κ1) is 13.1. The van der Waals surface area contributed by atoms with Crippen LogP contribution in [0.25, 0.3) is 0 Å². The molecule has 0 aromatic heterocycles. The van der Waals surface area contributed by atoms with Gasteiger partial charge >= 0.3 is 11.9 Å². The molecular weight excluding hydrogens is 244 g/mol. The molecule has 0 spiro atoms. The average Bonchev–Trinajstić information content (AvgIpc) is 2.28. The van der Waals surface area contributed by atoms with Gasteiger partial charge in [-0.3, -0.25) is 19.7 Å². The van der Waals surface area contributed by atoms with Crippen LogP contribution in [0.3, 0.4) is 0 Å². The largest absolute Gasteiger partial charge is 0.480 e. The maximum atomic E-state index is 10.8. The first-order valence-electron chi connectivity index (χ1n) is 4.52. The van der Waals surface area contributed by atoms with E-state index in [0.29, 0.717) is 0 Å². The molecular formula is C10H6N2O6. The molecule has 0 aliphatic heterocycles. The van der Waals surface area contributed by atoms with Crippen LogP contribution < -0.4 is 0 Å². The minimum absolute atomic E-state index is 0.0556. The SMILES string of the molecule is N#Cc1ccc(C(C(=O)O)C(=O)O)c([N+](=O)[O-])c1. The van der Waals surface area contributed by atoms with Crippen LogP contribution in [-0.2, 0) is 9.59 Å². The lowest BCUT2D eigenvalue weighted by atomic mass is 9.96. The molecule has 0 saturated carbocycles. The Kier molecular flexibility index (Phi) is 3.59. The second kappa shape index (κ2) is 4.92. The van der Waals surface area contributed by atoms with E-state index in [2.05, 4.69) is 0 Å². The Hall–Kier alpha value is -2.95. The van der Waals surface area contributed by atoms with Crippen molar-refractivity contribution in [1.82, 2.24) is 0 Å². The van der Waals surface area contributed by atoms with Crippen LogP contribution in [0.4, 0.5) is 5.69 Å². The fraction of sp³-hybridized carbons (Fsp3) is 0.100. The van der Waals surface area contributed by atoms with Gasteiger partial charge in [-0.2, -0.15) is 5.26 Å². The van der Waals surface area contributed by atoms with Crippen molar-refractivity contribution in [3.05, 3.63) is 39.4 Å². The molecule has 92 valence electrons. The molecule has 2 N–H and O–H groups in total. The first-order valence-corrected chi connectivity index (χ1v) is 4.52. The standard InChI is InChI=1S/C10H6N2O6/c11-4-5-1-2-6(7(3-5)12(17)18)8(9(13)14)10(15)16/h1-3,8H,(H,13,14)(H,15,16). The highest BCUT2D eigenvalue weighted by Crippen LogP contribution is 2.28. The summed E-state index contributed by atoms with van der Waals surface area (Å²) in [6.45, 7) is 0. The highest BCUT2D eigenvalue weighted by atomic mass is 16.6. The van der Waals surface area contributed by atoms with E-state index in [0.717, 1.165) is 18.2 Å². The number of carbonyl (C=O) groups is 2. The lowest BCUT2D eigenvalue weighted by Gasteiger charge is -2.08. The zero-order valence-corrected chi connectivity index (χ0v) is 8.73. The lowest BCUT2D eigenvalue weighted by molar-refractivity contribution is -0.385. The number of hydrogen-bond donors (Lipinski definition) is 2. The number of hydrogen-bond acceptors (Lipinski definition) is 5. The van der Waals surface area contributed by atoms with Gasteiger partial charge in [0.15, 0.2) is 5.92 Å². The van der Waals surface area contributed by atoms with Gasteiger partial charge in [-0.15, -0.1) is 0 Å². The third-order valence-corrected chi connectivity index (χ3v) is 2.16. The summed E-state index contributed by atoms with van der Waals surface area (Å²) in [5, 5.41) is 36.9. The molecule has 8 nitrogen and oxygen atoms in total. The minimum Gasteiger partial charge on any atom is -0.480 e. The highest BCUT2D eigenvalue weighted by molar-refractivity contribution is 6.00. The van der Waals surface area contributed by atoms with Crippen molar-refractivity contribution in [3.8, 4) is 6.07 Å². The fourth-order valence-corrected chi connectivity index (χ4v) is 1.39. The van der Waals surface area contributed by atoms with Gasteiger partial charge in [-0.1, -0.05) is 0 Å². The number of rotatable bonds is 4. The van der Waals surface area contributed by atoms with E-state index < -0.39 is 34.0 Å². The maximum absolute atomic E-state index is 10.8. The van der Waals surface area contributed by atoms with E-state index >= 15 is 0 Å². The number of nitro benzene ring substituents is 1. The van der Waals surface area contributed by atoms with Crippen LogP contribution in [0.1, 0.15) is 17.0 Å². The van der Waals surface area contributed by atoms with Gasteiger partial charge < -0.3 is 10.2 Å². The normalized spacial score (nSPS) is 9.78. The molecule has 1 aromatic rings. The Labute approximate surface area is 99.8 Å². The number of nitro groups is 1. The molecule has 0 saturated heterocycles. The predicted molar refractivity (Wildman–Crippen MR) is 55.8 cm³/mol. The van der Waals surface area contributed by atoms with E-state index in [1.54, 1.807) is 6.07 Å². The summed E-state index contributed by atoms with van der Waals surface area (Å²) in [4.78, 5) is 31.4. The Balaban J connectivity index is 3.48. The van der Waals surface area contributed by atoms with Crippen molar-refractivity contribution in [2.45, 2.75) is 5.92 Å². The topological polar surface area (TPSA) is 142 Å². The van der Waals surface area contributed by atoms with E-state index in [9.17, 15) is 19.7 Å². The summed E-state index contributed by atoms with van der Waals surface area (Å²) < 4.78 is 0. The summed E-state index contributed by atoms with van der Waals surface area (Å²) >= 11 is 0. The van der Waals surface area contributed by atoms with Crippen LogP contribution >= 0.6 is 0 Å². The Morgan fingerprint density at radius 2 is 1.89 bits per heavy atom. The lowest BCUT2D eigenvalue weighted by Crippen LogP contribution is -2.22. The Morgan fingerprint density at radius 1 is 1.33 bits per heavy atom. The van der Waals surface area contributed by atoms with Crippen molar-refractivity contribution in [2.24, 2.45) is 0 Å². The summed E-state index contributed by atoms with van der Waals surface area (Å²) in [7, 11) is 0. The first-order chi connectivity index (χ1) is 8.38. The van der Waals surface area contributed by atoms with Crippen molar-refractivity contribution >= 4 is 17.6 Å². The van der Waals surface area contributed by atoms with E-state index in [-0.39, 0.29) is 5.56 Å². The molecule has 0 aliphatic carbocycles. The van der Waals surface area contributed by atoms with Crippen LogP contribution in [0, 0.1) is 21.4 Å². The molecule has 1 aromatic carbocycles. The fourth-order valence-electron chi connectivity index (χ4n) is 1.39. The van der Waals surface area contributed by atoms with Gasteiger partial charge in [0.2, 0.25) is 0 Å². The molecule has 0 fully saturated rings.